The second kappa shape index (κ2) is 4.31. The summed E-state index contributed by atoms with van der Waals surface area (Å²) in [5.74, 6) is 0.324. The standard InChI is InChI=1S/C9H17N3O3S/c10-16(14,15)12-5-3-8(4-6-12)11-9(13)7-1-2-7/h7-8H,1-6H2,(H,11,13)(H2,10,14,15). The van der Waals surface area contributed by atoms with Crippen molar-refractivity contribution in [1.82, 2.24) is 9.62 Å². The summed E-state index contributed by atoms with van der Waals surface area (Å²) in [4.78, 5) is 11.5. The number of nitrogens with two attached hydrogens (primary N) is 1. The molecule has 3 N–H and O–H groups in total. The van der Waals surface area contributed by atoms with Gasteiger partial charge in [0.1, 0.15) is 0 Å². The first-order valence-corrected chi connectivity index (χ1v) is 7.05. The van der Waals surface area contributed by atoms with Crippen molar-refractivity contribution in [3.63, 3.8) is 0 Å². The van der Waals surface area contributed by atoms with Gasteiger partial charge in [-0.25, -0.2) is 5.14 Å². The first kappa shape index (κ1) is 11.8. The van der Waals surface area contributed by atoms with Crippen molar-refractivity contribution < 1.29 is 13.2 Å². The predicted molar refractivity (Wildman–Crippen MR) is 58.6 cm³/mol. The van der Waals surface area contributed by atoms with Crippen molar-refractivity contribution in [2.75, 3.05) is 13.1 Å². The van der Waals surface area contributed by atoms with Crippen LogP contribution in [0.4, 0.5) is 0 Å². The Bertz CT molecular complexity index is 369. The molecule has 1 aliphatic carbocycles. The Labute approximate surface area is 95.4 Å². The Hall–Kier alpha value is -0.660. The molecule has 2 rings (SSSR count). The summed E-state index contributed by atoms with van der Waals surface area (Å²) in [7, 11) is -3.56. The molecule has 1 saturated carbocycles. The summed E-state index contributed by atoms with van der Waals surface area (Å²) in [6.07, 6.45) is 3.27. The fourth-order valence-electron chi connectivity index (χ4n) is 1.92. The molecule has 2 fully saturated rings. The lowest BCUT2D eigenvalue weighted by molar-refractivity contribution is -0.123. The number of carbonyl (C=O) groups excluding carboxylic acids is 1. The minimum absolute atomic E-state index is 0.103. The molecule has 0 unspecified atom stereocenters. The van der Waals surface area contributed by atoms with Crippen molar-refractivity contribution in [1.29, 1.82) is 0 Å². The first-order chi connectivity index (χ1) is 7.47. The predicted octanol–water partition coefficient (Wildman–Crippen LogP) is -0.819. The molecule has 0 aromatic heterocycles. The molecular formula is C9H17N3O3S. The molecule has 0 spiro atoms. The Kier molecular flexibility index (Phi) is 3.18. The number of hydrogen-bond donors (Lipinski definition) is 2. The highest BCUT2D eigenvalue weighted by Crippen LogP contribution is 2.29. The van der Waals surface area contributed by atoms with Crippen LogP contribution in [0, 0.1) is 5.92 Å². The first-order valence-electron chi connectivity index (χ1n) is 5.55. The monoisotopic (exact) mass is 247 g/mol. The van der Waals surface area contributed by atoms with Gasteiger partial charge in [0.25, 0.3) is 10.2 Å². The normalized spacial score (nSPS) is 24.3. The van der Waals surface area contributed by atoms with E-state index in [4.69, 9.17) is 5.14 Å². The number of rotatable bonds is 3. The molecule has 92 valence electrons. The minimum atomic E-state index is -3.56. The third-order valence-corrected chi connectivity index (χ3v) is 4.19. The van der Waals surface area contributed by atoms with E-state index in [1.54, 1.807) is 0 Å². The van der Waals surface area contributed by atoms with E-state index in [9.17, 15) is 13.2 Å². The molecule has 0 atom stereocenters. The maximum Gasteiger partial charge on any atom is 0.276 e. The fraction of sp³-hybridized carbons (Fsp3) is 0.889. The SMILES string of the molecule is NS(=O)(=O)N1CCC(NC(=O)C2CC2)CC1. The zero-order chi connectivity index (χ0) is 11.8. The van der Waals surface area contributed by atoms with E-state index in [1.165, 1.54) is 4.31 Å². The number of amides is 1. The van der Waals surface area contributed by atoms with E-state index in [2.05, 4.69) is 5.32 Å². The van der Waals surface area contributed by atoms with E-state index in [0.717, 1.165) is 12.8 Å². The fourth-order valence-corrected chi connectivity index (χ4v) is 2.64. The molecule has 1 aliphatic heterocycles. The van der Waals surface area contributed by atoms with E-state index in [-0.39, 0.29) is 17.9 Å². The molecule has 6 nitrogen and oxygen atoms in total. The lowest BCUT2D eigenvalue weighted by atomic mass is 10.1. The lowest BCUT2D eigenvalue weighted by Gasteiger charge is -2.30. The van der Waals surface area contributed by atoms with Crippen LogP contribution in [0.2, 0.25) is 0 Å². The summed E-state index contributed by atoms with van der Waals surface area (Å²) < 4.78 is 23.4. The number of nitrogens with zero attached hydrogens (tertiary/aromatic N) is 1. The third kappa shape index (κ3) is 2.93. The Morgan fingerprint density at radius 2 is 1.75 bits per heavy atom. The topological polar surface area (TPSA) is 92.5 Å². The van der Waals surface area contributed by atoms with Gasteiger partial charge in [-0.15, -0.1) is 0 Å². The lowest BCUT2D eigenvalue weighted by Crippen LogP contribution is -2.48. The van der Waals surface area contributed by atoms with E-state index in [1.807, 2.05) is 0 Å². The van der Waals surface area contributed by atoms with Crippen LogP contribution in [0.25, 0.3) is 0 Å². The molecule has 0 aromatic carbocycles. The van der Waals surface area contributed by atoms with Gasteiger partial charge in [0.15, 0.2) is 0 Å². The zero-order valence-electron chi connectivity index (χ0n) is 9.05. The van der Waals surface area contributed by atoms with Gasteiger partial charge in [-0.2, -0.15) is 12.7 Å². The average Bonchev–Trinajstić information content (AvgIpc) is 3.00. The quantitative estimate of drug-likeness (QED) is 0.682. The van der Waals surface area contributed by atoms with Crippen LogP contribution in [0.15, 0.2) is 0 Å². The maximum absolute atomic E-state index is 11.5. The van der Waals surface area contributed by atoms with Gasteiger partial charge < -0.3 is 5.32 Å². The Morgan fingerprint density at radius 3 is 2.19 bits per heavy atom. The van der Waals surface area contributed by atoms with E-state index in [0.29, 0.717) is 25.9 Å². The molecule has 1 amide bonds. The molecular weight excluding hydrogens is 230 g/mol. The maximum atomic E-state index is 11.5. The van der Waals surface area contributed by atoms with E-state index < -0.39 is 10.2 Å². The van der Waals surface area contributed by atoms with Crippen LogP contribution < -0.4 is 10.5 Å². The van der Waals surface area contributed by atoms with Crippen LogP contribution in [-0.2, 0) is 15.0 Å². The summed E-state index contributed by atoms with van der Waals surface area (Å²) in [6, 6.07) is 0.103. The van der Waals surface area contributed by atoms with E-state index >= 15 is 0 Å². The highest BCUT2D eigenvalue weighted by Gasteiger charge is 2.32. The second-order valence-corrected chi connectivity index (χ2v) is 6.05. The van der Waals surface area contributed by atoms with Crippen LogP contribution in [-0.4, -0.2) is 37.8 Å². The second-order valence-electron chi connectivity index (χ2n) is 4.50. The van der Waals surface area contributed by atoms with Crippen LogP contribution in [0.1, 0.15) is 25.7 Å². The van der Waals surface area contributed by atoms with Crippen molar-refractivity contribution in [2.45, 2.75) is 31.7 Å². The van der Waals surface area contributed by atoms with Crippen molar-refractivity contribution >= 4 is 16.1 Å². The summed E-state index contributed by atoms with van der Waals surface area (Å²) in [6.45, 7) is 0.795. The van der Waals surface area contributed by atoms with Crippen LogP contribution >= 0.6 is 0 Å². The molecule has 2 aliphatic rings. The molecule has 1 heterocycles. The molecule has 0 radical (unpaired) electrons. The van der Waals surface area contributed by atoms with Gasteiger partial charge in [0.05, 0.1) is 0 Å². The van der Waals surface area contributed by atoms with Crippen molar-refractivity contribution in [3.8, 4) is 0 Å². The highest BCUT2D eigenvalue weighted by atomic mass is 32.2. The van der Waals surface area contributed by atoms with Gasteiger partial charge in [-0.3, -0.25) is 4.79 Å². The summed E-state index contributed by atoms with van der Waals surface area (Å²) in [5, 5.41) is 7.98. The smallest absolute Gasteiger partial charge is 0.276 e. The highest BCUT2D eigenvalue weighted by molar-refractivity contribution is 7.86. The molecule has 0 aromatic rings. The van der Waals surface area contributed by atoms with Crippen LogP contribution in [0.3, 0.4) is 0 Å². The summed E-state index contributed by atoms with van der Waals surface area (Å²) in [5.41, 5.74) is 0. The largest absolute Gasteiger partial charge is 0.353 e. The van der Waals surface area contributed by atoms with Gasteiger partial charge >= 0.3 is 0 Å². The number of carbonyl (C=O) groups is 1. The molecule has 0 bridgehead atoms. The zero-order valence-corrected chi connectivity index (χ0v) is 9.87. The molecule has 1 saturated heterocycles. The number of nitrogens with one attached hydrogen (secondary N) is 1. The molecule has 16 heavy (non-hydrogen) atoms. The van der Waals surface area contributed by atoms with Crippen LogP contribution in [0.5, 0.6) is 0 Å². The van der Waals surface area contributed by atoms with Crippen molar-refractivity contribution in [3.05, 3.63) is 0 Å². The third-order valence-electron chi connectivity index (χ3n) is 3.11. The van der Waals surface area contributed by atoms with Gasteiger partial charge in [-0.05, 0) is 25.7 Å². The van der Waals surface area contributed by atoms with Crippen molar-refractivity contribution in [2.24, 2.45) is 11.1 Å². The van der Waals surface area contributed by atoms with Gasteiger partial charge in [0, 0.05) is 25.0 Å². The average molecular weight is 247 g/mol. The molecule has 7 heteroatoms. The minimum Gasteiger partial charge on any atom is -0.353 e. The number of piperidine rings is 1. The Balaban J connectivity index is 1.78. The van der Waals surface area contributed by atoms with Gasteiger partial charge in [-0.1, -0.05) is 0 Å². The Morgan fingerprint density at radius 1 is 1.19 bits per heavy atom. The summed E-state index contributed by atoms with van der Waals surface area (Å²) >= 11 is 0. The van der Waals surface area contributed by atoms with Gasteiger partial charge in [0.2, 0.25) is 5.91 Å². The number of hydrogen-bond acceptors (Lipinski definition) is 3.